The Labute approximate surface area is 193 Å². The van der Waals surface area contributed by atoms with Gasteiger partial charge in [0.05, 0.1) is 17.8 Å². The fraction of sp³-hybridized carbons (Fsp3) is 0.600. The number of hydrogen-bond acceptors (Lipinski definition) is 5. The van der Waals surface area contributed by atoms with Gasteiger partial charge in [-0.1, -0.05) is 19.3 Å². The van der Waals surface area contributed by atoms with Crippen LogP contribution in [0.4, 0.5) is 4.79 Å². The summed E-state index contributed by atoms with van der Waals surface area (Å²) in [6.45, 7) is 0.821. The predicted molar refractivity (Wildman–Crippen MR) is 125 cm³/mol. The minimum atomic E-state index is -0.373. The Bertz CT molecular complexity index is 1150. The maximum absolute atomic E-state index is 12.4. The van der Waals surface area contributed by atoms with E-state index in [4.69, 9.17) is 15.0 Å². The highest BCUT2D eigenvalue weighted by Gasteiger charge is 2.27. The lowest BCUT2D eigenvalue weighted by atomic mass is 9.84. The largest absolute Gasteiger partial charge is 0.441 e. The lowest BCUT2D eigenvalue weighted by Gasteiger charge is -2.29. The summed E-state index contributed by atoms with van der Waals surface area (Å²) in [5, 5.41) is 13.1. The summed E-state index contributed by atoms with van der Waals surface area (Å²) in [6, 6.07) is 4.63. The average Bonchev–Trinajstić information content (AvgIpc) is 3.47. The molecular weight excluding hydrogens is 416 g/mol. The third-order valence-corrected chi connectivity index (χ3v) is 7.46. The molecule has 2 aliphatic carbocycles. The van der Waals surface area contributed by atoms with Crippen LogP contribution in [0.15, 0.2) is 18.5 Å². The number of amides is 1. The number of aromatic amines is 1. The van der Waals surface area contributed by atoms with Gasteiger partial charge in [0.2, 0.25) is 0 Å². The number of imidazole rings is 1. The van der Waals surface area contributed by atoms with Crippen molar-refractivity contribution in [3.8, 4) is 6.07 Å². The van der Waals surface area contributed by atoms with Crippen molar-refractivity contribution in [3.05, 3.63) is 24.3 Å². The van der Waals surface area contributed by atoms with Crippen LogP contribution in [0.1, 0.15) is 76.1 Å². The normalized spacial score (nSPS) is 21.8. The number of carbonyl (C=O) groups is 1. The number of nitriles is 1. The third-order valence-electron chi connectivity index (χ3n) is 7.46. The molecule has 2 aliphatic rings. The summed E-state index contributed by atoms with van der Waals surface area (Å²) in [7, 11) is 0. The van der Waals surface area contributed by atoms with E-state index >= 15 is 0 Å². The molecule has 0 aromatic carbocycles. The zero-order valence-electron chi connectivity index (χ0n) is 19.1. The Morgan fingerprint density at radius 2 is 2.00 bits per heavy atom. The van der Waals surface area contributed by atoms with Gasteiger partial charge < -0.3 is 19.6 Å². The van der Waals surface area contributed by atoms with Crippen LogP contribution in [-0.2, 0) is 11.3 Å². The van der Waals surface area contributed by atoms with Crippen molar-refractivity contribution in [2.75, 3.05) is 6.54 Å². The van der Waals surface area contributed by atoms with Gasteiger partial charge >= 0.3 is 6.09 Å². The first-order valence-corrected chi connectivity index (χ1v) is 12.3. The molecule has 2 saturated carbocycles. The quantitative estimate of drug-likeness (QED) is 0.527. The van der Waals surface area contributed by atoms with E-state index in [0.29, 0.717) is 24.8 Å². The Hall–Kier alpha value is -3.08. The second-order valence-electron chi connectivity index (χ2n) is 9.63. The number of rotatable bonds is 6. The number of ether oxygens (including phenoxy) is 1. The molecule has 3 aromatic heterocycles. The minimum absolute atomic E-state index is 0.134. The molecular formula is C25H32N6O2. The van der Waals surface area contributed by atoms with E-state index < -0.39 is 0 Å². The molecule has 2 fully saturated rings. The van der Waals surface area contributed by atoms with Gasteiger partial charge in [0.15, 0.2) is 6.61 Å². The van der Waals surface area contributed by atoms with E-state index in [1.165, 1.54) is 32.1 Å². The number of pyridine rings is 1. The van der Waals surface area contributed by atoms with Gasteiger partial charge in [0.1, 0.15) is 17.0 Å². The SMILES string of the molecule is N#CC[C@H]1CC[C@H](n2c(COC(=O)NCC3CCCCC3)nc3cnc4[nH]ccc4c32)CC1. The maximum atomic E-state index is 12.4. The fourth-order valence-corrected chi connectivity index (χ4v) is 5.67. The standard InChI is InChI=1S/C25H32N6O2/c26-12-10-17-6-8-19(9-7-17)31-22(16-33-25(32)29-14-18-4-2-1-3-5-18)30-21-15-28-24-20(23(21)31)11-13-27-24/h11,13,15,17-19H,1-10,14,16H2,(H,27,28)(H,29,32)/t17-,19-. The molecule has 0 saturated heterocycles. The topological polar surface area (TPSA) is 109 Å². The monoisotopic (exact) mass is 448 g/mol. The number of fused-ring (bicyclic) bond motifs is 3. The highest BCUT2D eigenvalue weighted by molar-refractivity contribution is 6.01. The summed E-state index contributed by atoms with van der Waals surface area (Å²) in [4.78, 5) is 24.9. The van der Waals surface area contributed by atoms with Crippen molar-refractivity contribution in [1.29, 1.82) is 5.26 Å². The van der Waals surface area contributed by atoms with Gasteiger partial charge in [-0.25, -0.2) is 14.8 Å². The summed E-state index contributed by atoms with van der Waals surface area (Å²) >= 11 is 0. The second kappa shape index (κ2) is 9.82. The molecule has 174 valence electrons. The molecule has 0 unspecified atom stereocenters. The van der Waals surface area contributed by atoms with Crippen LogP contribution in [0.25, 0.3) is 22.1 Å². The van der Waals surface area contributed by atoms with E-state index in [1.807, 2.05) is 12.3 Å². The number of nitrogens with zero attached hydrogens (tertiary/aromatic N) is 4. The van der Waals surface area contributed by atoms with Crippen LogP contribution < -0.4 is 5.32 Å². The number of H-pyrrole nitrogens is 1. The molecule has 33 heavy (non-hydrogen) atoms. The van der Waals surface area contributed by atoms with Crippen LogP contribution in [0.2, 0.25) is 0 Å². The van der Waals surface area contributed by atoms with Crippen molar-refractivity contribution in [2.45, 2.75) is 76.9 Å². The first kappa shape index (κ1) is 21.7. The molecule has 0 radical (unpaired) electrons. The van der Waals surface area contributed by atoms with Crippen LogP contribution in [0, 0.1) is 23.2 Å². The first-order chi connectivity index (χ1) is 16.2. The van der Waals surface area contributed by atoms with Crippen molar-refractivity contribution in [1.82, 2.24) is 24.8 Å². The maximum Gasteiger partial charge on any atom is 0.407 e. The third kappa shape index (κ3) is 4.68. The Morgan fingerprint density at radius 3 is 2.79 bits per heavy atom. The highest BCUT2D eigenvalue weighted by atomic mass is 16.5. The van der Waals surface area contributed by atoms with Gasteiger partial charge in [0.25, 0.3) is 0 Å². The number of nitrogens with one attached hydrogen (secondary N) is 2. The molecule has 0 aliphatic heterocycles. The van der Waals surface area contributed by atoms with Crippen molar-refractivity contribution >= 4 is 28.2 Å². The van der Waals surface area contributed by atoms with Crippen LogP contribution >= 0.6 is 0 Å². The van der Waals surface area contributed by atoms with Gasteiger partial charge in [-0.3, -0.25) is 0 Å². The van der Waals surface area contributed by atoms with Crippen molar-refractivity contribution < 1.29 is 9.53 Å². The number of hydrogen-bond donors (Lipinski definition) is 2. The van der Waals surface area contributed by atoms with Gasteiger partial charge in [0, 0.05) is 30.6 Å². The van der Waals surface area contributed by atoms with Gasteiger partial charge in [-0.05, 0) is 56.4 Å². The summed E-state index contributed by atoms with van der Waals surface area (Å²) in [5.74, 6) is 1.80. The average molecular weight is 449 g/mol. The lowest BCUT2D eigenvalue weighted by molar-refractivity contribution is 0.131. The Morgan fingerprint density at radius 1 is 1.18 bits per heavy atom. The van der Waals surface area contributed by atoms with E-state index in [0.717, 1.165) is 53.6 Å². The molecule has 3 heterocycles. The Balaban J connectivity index is 1.34. The van der Waals surface area contributed by atoms with Gasteiger partial charge in [-0.2, -0.15) is 5.26 Å². The second-order valence-corrected chi connectivity index (χ2v) is 9.63. The summed E-state index contributed by atoms with van der Waals surface area (Å²) in [5.41, 5.74) is 2.70. The predicted octanol–water partition coefficient (Wildman–Crippen LogP) is 5.36. The van der Waals surface area contributed by atoms with E-state index in [-0.39, 0.29) is 18.7 Å². The van der Waals surface area contributed by atoms with Crippen LogP contribution in [-0.4, -0.2) is 32.2 Å². The molecule has 0 bridgehead atoms. The molecule has 8 nitrogen and oxygen atoms in total. The minimum Gasteiger partial charge on any atom is -0.441 e. The molecule has 2 N–H and O–H groups in total. The number of carbonyl (C=O) groups excluding carboxylic acids is 1. The molecule has 0 atom stereocenters. The molecule has 3 aromatic rings. The molecule has 0 spiro atoms. The zero-order valence-corrected chi connectivity index (χ0v) is 19.1. The van der Waals surface area contributed by atoms with Crippen molar-refractivity contribution in [3.63, 3.8) is 0 Å². The zero-order chi connectivity index (χ0) is 22.6. The smallest absolute Gasteiger partial charge is 0.407 e. The first-order valence-electron chi connectivity index (χ1n) is 12.3. The summed E-state index contributed by atoms with van der Waals surface area (Å²) < 4.78 is 7.90. The highest BCUT2D eigenvalue weighted by Crippen LogP contribution is 2.38. The lowest BCUT2D eigenvalue weighted by Crippen LogP contribution is -2.31. The molecule has 1 amide bonds. The Kier molecular flexibility index (Phi) is 6.47. The van der Waals surface area contributed by atoms with E-state index in [9.17, 15) is 4.79 Å². The van der Waals surface area contributed by atoms with Gasteiger partial charge in [-0.15, -0.1) is 0 Å². The number of aromatic nitrogens is 4. The van der Waals surface area contributed by atoms with Crippen LogP contribution in [0.3, 0.4) is 0 Å². The molecule has 8 heteroatoms. The number of alkyl carbamates (subject to hydrolysis) is 1. The van der Waals surface area contributed by atoms with Crippen LogP contribution in [0.5, 0.6) is 0 Å². The van der Waals surface area contributed by atoms with E-state index in [2.05, 4.69) is 25.9 Å². The van der Waals surface area contributed by atoms with E-state index in [1.54, 1.807) is 6.20 Å². The summed E-state index contributed by atoms with van der Waals surface area (Å²) in [6.07, 6.45) is 14.2. The van der Waals surface area contributed by atoms with Crippen molar-refractivity contribution in [2.24, 2.45) is 11.8 Å². The fourth-order valence-electron chi connectivity index (χ4n) is 5.67. The molecule has 5 rings (SSSR count).